The Bertz CT molecular complexity index is 524. The Balaban J connectivity index is 1.98. The molecule has 1 saturated carbocycles. The van der Waals surface area contributed by atoms with Gasteiger partial charge >= 0.3 is 5.97 Å². The lowest BCUT2D eigenvalue weighted by atomic mass is 9.92. The summed E-state index contributed by atoms with van der Waals surface area (Å²) in [6.45, 7) is 2.14. The van der Waals surface area contributed by atoms with Crippen molar-refractivity contribution < 1.29 is 14.7 Å². The van der Waals surface area contributed by atoms with Crippen LogP contribution in [0.2, 0.25) is 0 Å². The van der Waals surface area contributed by atoms with Crippen LogP contribution in [-0.2, 0) is 4.79 Å². The first-order valence-corrected chi connectivity index (χ1v) is 6.81. The van der Waals surface area contributed by atoms with Crippen LogP contribution in [-0.4, -0.2) is 41.5 Å². The predicted octanol–water partition coefficient (Wildman–Crippen LogP) is 2.12. The zero-order valence-corrected chi connectivity index (χ0v) is 11.8. The lowest BCUT2D eigenvalue weighted by Crippen LogP contribution is -2.41. The predicted molar refractivity (Wildman–Crippen MR) is 77.0 cm³/mol. The molecule has 0 bridgehead atoms. The molecule has 2 N–H and O–H groups in total. The highest BCUT2D eigenvalue weighted by Gasteiger charge is 2.23. The fraction of sp³-hybridized carbons (Fsp3) is 0.467. The van der Waals surface area contributed by atoms with Crippen LogP contribution in [0.1, 0.15) is 35.2 Å². The van der Waals surface area contributed by atoms with E-state index < -0.39 is 5.97 Å². The first-order chi connectivity index (χ1) is 9.45. The fourth-order valence-electron chi connectivity index (χ4n) is 2.36. The van der Waals surface area contributed by atoms with E-state index in [1.54, 1.807) is 12.1 Å². The molecular weight excluding hydrogens is 256 g/mol. The van der Waals surface area contributed by atoms with Crippen molar-refractivity contribution in [3.63, 3.8) is 0 Å². The molecule has 0 atom stereocenters. The molecule has 0 spiro atoms. The van der Waals surface area contributed by atoms with Crippen LogP contribution < -0.4 is 5.32 Å². The van der Waals surface area contributed by atoms with E-state index in [1.165, 1.54) is 12.5 Å². The number of benzene rings is 1. The Kier molecular flexibility index (Phi) is 4.39. The van der Waals surface area contributed by atoms with Crippen molar-refractivity contribution in [3.8, 4) is 0 Å². The molecule has 0 radical (unpaired) electrons. The number of anilines is 1. The van der Waals surface area contributed by atoms with Crippen molar-refractivity contribution in [1.82, 2.24) is 4.90 Å². The molecule has 1 aromatic carbocycles. The summed E-state index contributed by atoms with van der Waals surface area (Å²) >= 11 is 0. The Morgan fingerprint density at radius 2 is 2.05 bits per heavy atom. The summed E-state index contributed by atoms with van der Waals surface area (Å²) in [5.41, 5.74) is 1.54. The van der Waals surface area contributed by atoms with Crippen LogP contribution >= 0.6 is 0 Å². The van der Waals surface area contributed by atoms with Crippen LogP contribution in [0, 0.1) is 6.92 Å². The maximum Gasteiger partial charge on any atom is 0.335 e. The molecule has 0 saturated heterocycles. The van der Waals surface area contributed by atoms with Gasteiger partial charge < -0.3 is 10.4 Å². The Morgan fingerprint density at radius 1 is 1.35 bits per heavy atom. The second-order valence-corrected chi connectivity index (χ2v) is 5.44. The molecule has 1 aliphatic rings. The molecule has 0 aliphatic heterocycles. The third kappa shape index (κ3) is 3.57. The molecular formula is C15H20N2O3. The van der Waals surface area contributed by atoms with Gasteiger partial charge in [-0.3, -0.25) is 9.69 Å². The minimum atomic E-state index is -0.990. The average molecular weight is 276 g/mol. The Hall–Kier alpha value is -1.88. The lowest BCUT2D eigenvalue weighted by molar-refractivity contribution is -0.117. The monoisotopic (exact) mass is 276 g/mol. The number of carbonyl (C=O) groups excluding carboxylic acids is 1. The number of hydrogen-bond acceptors (Lipinski definition) is 3. The molecule has 20 heavy (non-hydrogen) atoms. The molecule has 1 aliphatic carbocycles. The highest BCUT2D eigenvalue weighted by atomic mass is 16.4. The molecule has 5 nitrogen and oxygen atoms in total. The lowest BCUT2D eigenvalue weighted by Gasteiger charge is -2.34. The first-order valence-electron chi connectivity index (χ1n) is 6.81. The minimum absolute atomic E-state index is 0.110. The smallest absolute Gasteiger partial charge is 0.335 e. The van der Waals surface area contributed by atoms with Crippen LogP contribution in [0.3, 0.4) is 0 Å². The second kappa shape index (κ2) is 6.05. The number of nitrogens with one attached hydrogen (secondary N) is 1. The summed E-state index contributed by atoms with van der Waals surface area (Å²) in [6, 6.07) is 5.34. The SMILES string of the molecule is Cc1cc(NC(=O)CN(C)C2CCC2)cc(C(=O)O)c1. The van der Waals surface area contributed by atoms with E-state index in [9.17, 15) is 9.59 Å². The third-order valence-electron chi connectivity index (χ3n) is 3.70. The van der Waals surface area contributed by atoms with Crippen LogP contribution in [0.25, 0.3) is 0 Å². The Labute approximate surface area is 118 Å². The van der Waals surface area contributed by atoms with E-state index >= 15 is 0 Å². The quantitative estimate of drug-likeness (QED) is 0.864. The maximum atomic E-state index is 12.0. The van der Waals surface area contributed by atoms with Gasteiger partial charge in [-0.15, -0.1) is 0 Å². The molecule has 1 amide bonds. The van der Waals surface area contributed by atoms with Gasteiger partial charge in [0.05, 0.1) is 12.1 Å². The number of carboxylic acid groups (broad SMARTS) is 1. The van der Waals surface area contributed by atoms with Gasteiger partial charge in [-0.1, -0.05) is 6.42 Å². The van der Waals surface area contributed by atoms with Gasteiger partial charge in [0, 0.05) is 11.7 Å². The summed E-state index contributed by atoms with van der Waals surface area (Å²) in [4.78, 5) is 25.0. The zero-order valence-electron chi connectivity index (χ0n) is 11.8. The summed E-state index contributed by atoms with van der Waals surface area (Å²) < 4.78 is 0. The zero-order chi connectivity index (χ0) is 14.7. The van der Waals surface area contributed by atoms with Crippen LogP contribution in [0.4, 0.5) is 5.69 Å². The van der Waals surface area contributed by atoms with Gasteiger partial charge in [-0.05, 0) is 50.6 Å². The first kappa shape index (κ1) is 14.5. The van der Waals surface area contributed by atoms with Gasteiger partial charge in [0.1, 0.15) is 0 Å². The third-order valence-corrected chi connectivity index (χ3v) is 3.70. The average Bonchev–Trinajstić information content (AvgIpc) is 2.24. The number of hydrogen-bond donors (Lipinski definition) is 2. The van der Waals surface area contributed by atoms with Gasteiger partial charge in [-0.2, -0.15) is 0 Å². The van der Waals surface area contributed by atoms with Crippen molar-refractivity contribution in [2.24, 2.45) is 0 Å². The topological polar surface area (TPSA) is 69.6 Å². The van der Waals surface area contributed by atoms with E-state index in [0.717, 1.165) is 18.4 Å². The van der Waals surface area contributed by atoms with Gasteiger partial charge in [0.25, 0.3) is 0 Å². The van der Waals surface area contributed by atoms with Gasteiger partial charge in [0.2, 0.25) is 5.91 Å². The van der Waals surface area contributed by atoms with E-state index in [2.05, 4.69) is 5.32 Å². The molecule has 1 aromatic rings. The normalized spacial score (nSPS) is 14.9. The number of amides is 1. The largest absolute Gasteiger partial charge is 0.478 e. The van der Waals surface area contributed by atoms with Crippen molar-refractivity contribution in [2.45, 2.75) is 32.2 Å². The molecule has 2 rings (SSSR count). The summed E-state index contributed by atoms with van der Waals surface area (Å²) in [5, 5.41) is 11.8. The summed E-state index contributed by atoms with van der Waals surface area (Å²) in [7, 11) is 1.95. The number of likely N-dealkylation sites (N-methyl/N-ethyl adjacent to an activating group) is 1. The molecule has 1 fully saturated rings. The molecule has 0 aromatic heterocycles. The number of nitrogens with zero attached hydrogens (tertiary/aromatic N) is 1. The maximum absolute atomic E-state index is 12.0. The van der Waals surface area contributed by atoms with Crippen LogP contribution in [0.15, 0.2) is 18.2 Å². The number of carbonyl (C=O) groups is 2. The molecule has 5 heteroatoms. The number of aryl methyl sites for hydroxylation is 1. The van der Waals surface area contributed by atoms with Crippen molar-refractivity contribution in [1.29, 1.82) is 0 Å². The van der Waals surface area contributed by atoms with Crippen LogP contribution in [0.5, 0.6) is 0 Å². The summed E-state index contributed by atoms with van der Waals surface area (Å²) in [5.74, 6) is -1.10. The highest BCUT2D eigenvalue weighted by molar-refractivity contribution is 5.95. The second-order valence-electron chi connectivity index (χ2n) is 5.44. The molecule has 0 unspecified atom stereocenters. The number of carboxylic acids is 1. The number of aromatic carboxylic acids is 1. The van der Waals surface area contributed by atoms with Crippen molar-refractivity contribution in [2.75, 3.05) is 18.9 Å². The molecule has 0 heterocycles. The summed E-state index contributed by atoms with van der Waals surface area (Å²) in [6.07, 6.45) is 3.53. The van der Waals surface area contributed by atoms with E-state index in [-0.39, 0.29) is 11.5 Å². The number of rotatable bonds is 5. The highest BCUT2D eigenvalue weighted by Crippen LogP contribution is 2.23. The standard InChI is InChI=1S/C15H20N2O3/c1-10-6-11(15(19)20)8-12(7-10)16-14(18)9-17(2)13-4-3-5-13/h6-8,13H,3-5,9H2,1-2H3,(H,16,18)(H,19,20). The fourth-order valence-corrected chi connectivity index (χ4v) is 2.36. The van der Waals surface area contributed by atoms with E-state index in [1.807, 2.05) is 18.9 Å². The van der Waals surface area contributed by atoms with Crippen molar-refractivity contribution >= 4 is 17.6 Å². The minimum Gasteiger partial charge on any atom is -0.478 e. The Morgan fingerprint density at radius 3 is 2.60 bits per heavy atom. The van der Waals surface area contributed by atoms with E-state index in [0.29, 0.717) is 18.3 Å². The van der Waals surface area contributed by atoms with Gasteiger partial charge in [-0.25, -0.2) is 4.79 Å². The molecule has 108 valence electrons. The van der Waals surface area contributed by atoms with E-state index in [4.69, 9.17) is 5.11 Å². The van der Waals surface area contributed by atoms with Gasteiger partial charge in [0.15, 0.2) is 0 Å². The van der Waals surface area contributed by atoms with Crippen molar-refractivity contribution in [3.05, 3.63) is 29.3 Å².